The first-order valence-electron chi connectivity index (χ1n) is 12.3. The molecule has 0 spiro atoms. The van der Waals surface area contributed by atoms with E-state index in [4.69, 9.17) is 10.6 Å². The molecule has 0 aromatic carbocycles. The van der Waals surface area contributed by atoms with E-state index in [1.54, 1.807) is 17.7 Å². The van der Waals surface area contributed by atoms with Crippen LogP contribution in [0.25, 0.3) is 0 Å². The molecule has 1 saturated heterocycles. The summed E-state index contributed by atoms with van der Waals surface area (Å²) in [6, 6.07) is 0.272. The Morgan fingerprint density at radius 1 is 1.30 bits per heavy atom. The van der Waals surface area contributed by atoms with Crippen LogP contribution < -0.4 is 51.1 Å². The maximum Gasteiger partial charge on any atom is 1.00 e. The van der Waals surface area contributed by atoms with Crippen molar-refractivity contribution in [2.75, 3.05) is 24.3 Å². The number of anilines is 1. The zero-order valence-corrected chi connectivity index (χ0v) is 28.6. The first-order chi connectivity index (χ1) is 20.6. The van der Waals surface area contributed by atoms with Crippen molar-refractivity contribution in [2.45, 2.75) is 35.6 Å². The van der Waals surface area contributed by atoms with E-state index in [0.717, 1.165) is 28.0 Å². The van der Waals surface area contributed by atoms with E-state index in [-0.39, 0.29) is 69.2 Å². The summed E-state index contributed by atoms with van der Waals surface area (Å²) in [5.41, 5.74) is 5.55. The van der Waals surface area contributed by atoms with Crippen molar-refractivity contribution < 1.29 is 59.0 Å². The average Bonchev–Trinajstić information content (AvgIpc) is 3.63. The first kappa shape index (κ1) is 33.9. The molecule has 0 bridgehead atoms. The van der Waals surface area contributed by atoms with Gasteiger partial charge in [0.05, 0.1) is 17.4 Å². The molecule has 2 aliphatic rings. The predicted octanol–water partition coefficient (Wildman–Crippen LogP) is -4.06. The summed E-state index contributed by atoms with van der Waals surface area (Å²) in [4.78, 5) is 63.8. The molecule has 3 aromatic heterocycles. The van der Waals surface area contributed by atoms with Crippen LogP contribution in [0.4, 0.5) is 5.13 Å². The largest absolute Gasteiger partial charge is 1.00 e. The Morgan fingerprint density at radius 3 is 2.75 bits per heavy atom. The number of nitrogens with one attached hydrogen (secondary N) is 1. The van der Waals surface area contributed by atoms with Gasteiger partial charge in [0.25, 0.3) is 11.8 Å². The number of aromatic hydroxyl groups is 1. The Bertz CT molecular complexity index is 1720. The van der Waals surface area contributed by atoms with Gasteiger partial charge in [-0.2, -0.15) is 13.7 Å². The third-order valence-corrected chi connectivity index (χ3v) is 10.2. The average molecular weight is 688 g/mol. The molecule has 16 nitrogen and oxygen atoms in total. The minimum Gasteiger partial charge on any atom is -0.543 e. The number of carboxylic acid groups (broad SMARTS) is 1. The smallest absolute Gasteiger partial charge is 0.543 e. The fourth-order valence-electron chi connectivity index (χ4n) is 4.27. The molecule has 0 saturated carbocycles. The number of carbonyl (C=O) groups excluding carboxylic acids is 3. The van der Waals surface area contributed by atoms with Crippen LogP contribution in [0.3, 0.4) is 0 Å². The molecular weight excluding hydrogens is 666 g/mol. The van der Waals surface area contributed by atoms with E-state index in [1.807, 2.05) is 0 Å². The number of nitrogens with zero attached hydrogens (tertiary/aromatic N) is 7. The zero-order valence-electron chi connectivity index (χ0n) is 23.4. The second kappa shape index (κ2) is 14.4. The van der Waals surface area contributed by atoms with Gasteiger partial charge in [-0.3, -0.25) is 19.3 Å². The summed E-state index contributed by atoms with van der Waals surface area (Å²) in [6.45, 7) is 2.09. The van der Waals surface area contributed by atoms with Gasteiger partial charge >= 0.3 is 29.6 Å². The van der Waals surface area contributed by atoms with E-state index >= 15 is 0 Å². The second-order valence-corrected chi connectivity index (χ2v) is 12.9. The number of fused-ring (bicyclic) bond motifs is 1. The number of β-lactam (4-membered cyclic amide) rings is 1. The molecule has 0 aliphatic carbocycles. The van der Waals surface area contributed by atoms with Crippen molar-refractivity contribution in [3.8, 4) is 5.75 Å². The van der Waals surface area contributed by atoms with Crippen molar-refractivity contribution in [3.63, 3.8) is 0 Å². The van der Waals surface area contributed by atoms with Gasteiger partial charge in [-0.25, -0.2) is 4.98 Å². The van der Waals surface area contributed by atoms with E-state index in [9.17, 15) is 29.4 Å². The van der Waals surface area contributed by atoms with Gasteiger partial charge in [0.2, 0.25) is 17.0 Å². The molecule has 2 aliphatic heterocycles. The van der Waals surface area contributed by atoms with Crippen LogP contribution in [0.1, 0.15) is 17.3 Å². The SMILES string of the molecule is CO/N=C(\C(=O)N[C@@H]1C(=O)N2C(C(=O)[O-])=C(CSc3nc(CCn4ccc(=O)c(O)c4C)ns3)CS[C@@H]12)c1nsc(N)n1.[Na+]. The number of aryl methyl sites for hydroxylation is 2. The molecule has 21 heteroatoms. The number of carbonyl (C=O) groups is 3. The summed E-state index contributed by atoms with van der Waals surface area (Å²) in [6.07, 6.45) is 2.04. The topological polar surface area (TPSA) is 231 Å². The third kappa shape index (κ3) is 6.95. The number of rotatable bonds is 11. The van der Waals surface area contributed by atoms with Crippen molar-refractivity contribution in [1.82, 2.24) is 33.5 Å². The summed E-state index contributed by atoms with van der Waals surface area (Å²) in [5.74, 6) is -2.20. The number of amides is 2. The molecule has 44 heavy (non-hydrogen) atoms. The van der Waals surface area contributed by atoms with Crippen LogP contribution >= 0.6 is 46.6 Å². The Hall–Kier alpha value is -3.01. The molecule has 2 amide bonds. The fraction of sp³-hybridized carbons (Fsp3) is 0.348. The Morgan fingerprint density at radius 2 is 2.07 bits per heavy atom. The minimum atomic E-state index is -1.50. The number of hydrogen-bond acceptors (Lipinski definition) is 17. The number of hydrogen-bond donors (Lipinski definition) is 3. The maximum atomic E-state index is 13.0. The molecule has 0 radical (unpaired) electrons. The molecule has 3 aromatic rings. The van der Waals surface area contributed by atoms with Gasteiger partial charge in [-0.15, -0.1) is 11.8 Å². The van der Waals surface area contributed by atoms with E-state index in [0.29, 0.717) is 34.4 Å². The van der Waals surface area contributed by atoms with Crippen LogP contribution in [-0.2, 0) is 32.2 Å². The van der Waals surface area contributed by atoms with Crippen molar-refractivity contribution in [2.24, 2.45) is 5.16 Å². The van der Waals surface area contributed by atoms with Crippen LogP contribution in [0.15, 0.2) is 37.8 Å². The number of nitrogens with two attached hydrogens (primary N) is 1. The minimum absolute atomic E-state index is 0. The van der Waals surface area contributed by atoms with Gasteiger partial charge in [0.1, 0.15) is 24.3 Å². The van der Waals surface area contributed by atoms with Gasteiger partial charge in [-0.1, -0.05) is 16.9 Å². The molecule has 2 atom stereocenters. The monoisotopic (exact) mass is 687 g/mol. The van der Waals surface area contributed by atoms with Crippen molar-refractivity contribution >= 4 is 75.2 Å². The number of pyridine rings is 1. The zero-order chi connectivity index (χ0) is 30.8. The van der Waals surface area contributed by atoms with Gasteiger partial charge in [0.15, 0.2) is 15.2 Å². The van der Waals surface area contributed by atoms with Crippen LogP contribution in [0.2, 0.25) is 0 Å². The van der Waals surface area contributed by atoms with Gasteiger partial charge in [-0.05, 0) is 24.0 Å². The normalized spacial score (nSPS) is 17.9. The summed E-state index contributed by atoms with van der Waals surface area (Å²) in [5, 5.41) is 27.6. The van der Waals surface area contributed by atoms with Crippen LogP contribution in [-0.4, -0.2) is 86.8 Å². The molecule has 5 rings (SSSR count). The molecule has 5 heterocycles. The van der Waals surface area contributed by atoms with Crippen molar-refractivity contribution in [1.29, 1.82) is 0 Å². The number of aliphatic carboxylic acids is 1. The van der Waals surface area contributed by atoms with Crippen molar-refractivity contribution in [3.05, 3.63) is 51.1 Å². The van der Waals surface area contributed by atoms with E-state index in [2.05, 4.69) is 29.2 Å². The second-order valence-electron chi connectivity index (χ2n) is 9.00. The Kier molecular flexibility index (Phi) is 11.1. The number of carboxylic acids is 1. The molecule has 0 unspecified atom stereocenters. The van der Waals surface area contributed by atoms with Gasteiger partial charge in [0, 0.05) is 48.3 Å². The standard InChI is InChI=1S/C23H23N9O7S4.Na/c1-9-16(34)11(33)3-5-31(9)6-4-12-25-23(43-29-12)41-8-10-7-40-20-14(19(36)32(20)15(10)21(37)38)26-18(35)13(28-39-2)17-27-22(24)42-30-17;/h3,5,14,20,34H,4,6-8H2,1-2H3,(H,26,35)(H,37,38)(H2,24,27,30);/q;+1/p-1/b28-13-;/t14-,20+;/m1./s1. The van der Waals surface area contributed by atoms with E-state index < -0.39 is 34.6 Å². The predicted molar refractivity (Wildman–Crippen MR) is 156 cm³/mol. The summed E-state index contributed by atoms with van der Waals surface area (Å²) >= 11 is 4.60. The summed E-state index contributed by atoms with van der Waals surface area (Å²) < 4.78 is 10.6. The van der Waals surface area contributed by atoms with Gasteiger partial charge < -0.3 is 35.5 Å². The number of nitrogen functional groups attached to an aromatic ring is 1. The van der Waals surface area contributed by atoms with Crippen LogP contribution in [0.5, 0.6) is 5.75 Å². The molecule has 4 N–H and O–H groups in total. The van der Waals surface area contributed by atoms with E-state index in [1.165, 1.54) is 36.7 Å². The first-order valence-corrected chi connectivity index (χ1v) is 15.9. The molecule has 226 valence electrons. The Balaban J connectivity index is 0.00000442. The number of thioether (sulfide) groups is 2. The number of oxime groups is 1. The third-order valence-electron chi connectivity index (χ3n) is 6.39. The molecule has 1 fully saturated rings. The molecular formula is C23H22N9NaO7S4. The Labute approximate surface area is 287 Å². The van der Waals surface area contributed by atoms with Crippen LogP contribution in [0, 0.1) is 6.92 Å². The fourth-order valence-corrected chi connectivity index (χ4v) is 7.85. The number of aromatic nitrogens is 5. The quantitative estimate of drug-likeness (QED) is 0.0573. The summed E-state index contributed by atoms with van der Waals surface area (Å²) in [7, 11) is 1.23. The maximum absolute atomic E-state index is 13.0.